The van der Waals surface area contributed by atoms with Crippen molar-refractivity contribution in [2.24, 2.45) is 11.8 Å². The molecule has 178 valence electrons. The third-order valence-corrected chi connectivity index (χ3v) is 8.31. The normalized spacial score (nSPS) is 29.3. The first-order valence-electron chi connectivity index (χ1n) is 11.3. The third kappa shape index (κ3) is 5.88. The molecule has 9 heteroatoms. The van der Waals surface area contributed by atoms with Crippen molar-refractivity contribution in [2.75, 3.05) is 19.7 Å². The zero-order chi connectivity index (χ0) is 23.5. The average Bonchev–Trinajstić information content (AvgIpc) is 2.74. The first kappa shape index (κ1) is 24.7. The number of carbonyl (C=O) groups is 2. The van der Waals surface area contributed by atoms with Crippen LogP contribution in [0.4, 0.5) is 0 Å². The van der Waals surface area contributed by atoms with Gasteiger partial charge < -0.3 is 14.8 Å². The number of sulfonamides is 1. The first-order chi connectivity index (χ1) is 15.1. The van der Waals surface area contributed by atoms with Gasteiger partial charge in [-0.15, -0.1) is 0 Å². The van der Waals surface area contributed by atoms with Gasteiger partial charge in [-0.05, 0) is 50.3 Å². The molecule has 1 aliphatic heterocycles. The Morgan fingerprint density at radius 2 is 1.81 bits per heavy atom. The molecule has 5 atom stereocenters. The predicted molar refractivity (Wildman–Crippen MR) is 120 cm³/mol. The number of esters is 1. The molecular weight excluding hydrogens is 432 g/mol. The molecule has 0 unspecified atom stereocenters. The summed E-state index contributed by atoms with van der Waals surface area (Å²) in [6, 6.07) is 5.81. The van der Waals surface area contributed by atoms with Gasteiger partial charge in [0.15, 0.2) is 6.61 Å². The van der Waals surface area contributed by atoms with Crippen LogP contribution in [0, 0.1) is 11.8 Å². The highest BCUT2D eigenvalue weighted by Crippen LogP contribution is 2.29. The molecule has 1 N–H and O–H groups in total. The molecule has 1 aromatic carbocycles. The fraction of sp³-hybridized carbons (Fsp3) is 0.652. The number of nitrogens with zero attached hydrogens (tertiary/aromatic N) is 1. The highest BCUT2D eigenvalue weighted by atomic mass is 32.2. The maximum Gasteiger partial charge on any atom is 0.338 e. The number of carbonyl (C=O) groups excluding carboxylic acids is 2. The maximum atomic E-state index is 13.1. The van der Waals surface area contributed by atoms with Crippen molar-refractivity contribution in [1.82, 2.24) is 9.62 Å². The van der Waals surface area contributed by atoms with Crippen LogP contribution >= 0.6 is 0 Å². The molecule has 1 aromatic rings. The Balaban J connectivity index is 1.61. The lowest BCUT2D eigenvalue weighted by Gasteiger charge is -2.34. The molecule has 0 spiro atoms. The molecule has 1 heterocycles. The van der Waals surface area contributed by atoms with Gasteiger partial charge in [-0.25, -0.2) is 13.2 Å². The van der Waals surface area contributed by atoms with E-state index in [4.69, 9.17) is 9.47 Å². The lowest BCUT2D eigenvalue weighted by atomic mass is 9.78. The number of hydrogen-bond donors (Lipinski definition) is 1. The Kier molecular flexibility index (Phi) is 7.95. The van der Waals surface area contributed by atoms with Crippen LogP contribution in [-0.4, -0.2) is 62.5 Å². The van der Waals surface area contributed by atoms with E-state index in [1.165, 1.54) is 28.6 Å². The van der Waals surface area contributed by atoms with E-state index in [1.807, 2.05) is 13.8 Å². The molecular formula is C23H34N2O6S. The number of nitrogens with one attached hydrogen (secondary N) is 1. The fourth-order valence-electron chi connectivity index (χ4n) is 4.51. The fourth-order valence-corrected chi connectivity index (χ4v) is 6.15. The smallest absolute Gasteiger partial charge is 0.338 e. The van der Waals surface area contributed by atoms with Gasteiger partial charge in [0.25, 0.3) is 5.91 Å². The van der Waals surface area contributed by atoms with Gasteiger partial charge in [-0.3, -0.25) is 4.79 Å². The van der Waals surface area contributed by atoms with Crippen LogP contribution < -0.4 is 5.32 Å². The molecule has 1 saturated heterocycles. The summed E-state index contributed by atoms with van der Waals surface area (Å²) in [6.07, 6.45) is 2.72. The number of rotatable bonds is 6. The second-order valence-corrected chi connectivity index (χ2v) is 11.1. The summed E-state index contributed by atoms with van der Waals surface area (Å²) in [5, 5.41) is 2.96. The van der Waals surface area contributed by atoms with Crippen LogP contribution in [0.2, 0.25) is 0 Å². The van der Waals surface area contributed by atoms with Crippen molar-refractivity contribution >= 4 is 21.9 Å². The largest absolute Gasteiger partial charge is 0.452 e. The highest BCUT2D eigenvalue weighted by molar-refractivity contribution is 7.89. The van der Waals surface area contributed by atoms with Crippen LogP contribution in [0.1, 0.15) is 57.3 Å². The molecule has 32 heavy (non-hydrogen) atoms. The number of hydrogen-bond acceptors (Lipinski definition) is 6. The summed E-state index contributed by atoms with van der Waals surface area (Å²) in [7, 11) is -3.78. The van der Waals surface area contributed by atoms with E-state index >= 15 is 0 Å². The summed E-state index contributed by atoms with van der Waals surface area (Å²) in [6.45, 7) is 8.06. The minimum atomic E-state index is -3.78. The van der Waals surface area contributed by atoms with Gasteiger partial charge in [-0.2, -0.15) is 4.31 Å². The number of amides is 1. The van der Waals surface area contributed by atoms with E-state index in [0.717, 1.165) is 19.3 Å². The topological polar surface area (TPSA) is 102 Å². The van der Waals surface area contributed by atoms with E-state index in [-0.39, 0.29) is 47.7 Å². The van der Waals surface area contributed by atoms with Crippen molar-refractivity contribution in [3.05, 3.63) is 29.8 Å². The first-order valence-corrected chi connectivity index (χ1v) is 12.7. The highest BCUT2D eigenvalue weighted by Gasteiger charge is 2.33. The Bertz CT molecular complexity index is 924. The van der Waals surface area contributed by atoms with Gasteiger partial charge in [0.1, 0.15) is 0 Å². The maximum absolute atomic E-state index is 13.1. The molecule has 1 aliphatic carbocycles. The SMILES string of the molecule is C[C@H]1[C@H](C)CCC[C@@H]1NC(=O)COC(=O)c1cccc(S(=O)(=O)N2C[C@@H](C)O[C@@H](C)C2)c1. The van der Waals surface area contributed by atoms with E-state index in [0.29, 0.717) is 11.8 Å². The Hall–Kier alpha value is -1.97. The lowest BCUT2D eigenvalue weighted by molar-refractivity contribution is -0.125. The Morgan fingerprint density at radius 1 is 1.12 bits per heavy atom. The predicted octanol–water partition coefficient (Wildman–Crippen LogP) is 2.58. The van der Waals surface area contributed by atoms with Crippen molar-refractivity contribution in [3.63, 3.8) is 0 Å². The Labute approximate surface area is 190 Å². The van der Waals surface area contributed by atoms with Gasteiger partial charge in [0.2, 0.25) is 10.0 Å². The van der Waals surface area contributed by atoms with Crippen LogP contribution in [-0.2, 0) is 24.3 Å². The minimum absolute atomic E-state index is 0.0164. The van der Waals surface area contributed by atoms with Crippen molar-refractivity contribution < 1.29 is 27.5 Å². The zero-order valence-corrected chi connectivity index (χ0v) is 20.1. The molecule has 0 bridgehead atoms. The summed E-state index contributed by atoms with van der Waals surface area (Å²) < 4.78 is 38.2. The summed E-state index contributed by atoms with van der Waals surface area (Å²) in [5.74, 6) is -0.162. The molecule has 1 saturated carbocycles. The number of morpholine rings is 1. The van der Waals surface area contributed by atoms with E-state index in [1.54, 1.807) is 0 Å². The molecule has 3 rings (SSSR count). The summed E-state index contributed by atoms with van der Waals surface area (Å²) in [5.41, 5.74) is 0.0906. The van der Waals surface area contributed by atoms with Crippen molar-refractivity contribution in [2.45, 2.75) is 70.1 Å². The summed E-state index contributed by atoms with van der Waals surface area (Å²) in [4.78, 5) is 24.8. The summed E-state index contributed by atoms with van der Waals surface area (Å²) >= 11 is 0. The monoisotopic (exact) mass is 466 g/mol. The van der Waals surface area contributed by atoms with Gasteiger partial charge in [0.05, 0.1) is 22.7 Å². The van der Waals surface area contributed by atoms with Gasteiger partial charge >= 0.3 is 5.97 Å². The second kappa shape index (κ2) is 10.3. The number of ether oxygens (including phenoxy) is 2. The van der Waals surface area contributed by atoms with Crippen molar-refractivity contribution in [1.29, 1.82) is 0 Å². The van der Waals surface area contributed by atoms with Crippen LogP contribution in [0.15, 0.2) is 29.2 Å². The van der Waals surface area contributed by atoms with E-state index < -0.39 is 22.6 Å². The minimum Gasteiger partial charge on any atom is -0.452 e. The quantitative estimate of drug-likeness (QED) is 0.647. The second-order valence-electron chi connectivity index (χ2n) is 9.12. The zero-order valence-electron chi connectivity index (χ0n) is 19.2. The number of benzene rings is 1. The average molecular weight is 467 g/mol. The van der Waals surface area contributed by atoms with E-state index in [2.05, 4.69) is 19.2 Å². The van der Waals surface area contributed by atoms with Gasteiger partial charge in [-0.1, -0.05) is 32.8 Å². The van der Waals surface area contributed by atoms with Crippen LogP contribution in [0.3, 0.4) is 0 Å². The van der Waals surface area contributed by atoms with Crippen LogP contribution in [0.25, 0.3) is 0 Å². The lowest BCUT2D eigenvalue weighted by Crippen LogP contribution is -2.48. The standard InChI is InChI=1S/C23H34N2O6S/c1-15-7-5-10-21(18(15)4)24-22(26)14-30-23(27)19-8-6-9-20(11-19)32(28,29)25-12-16(2)31-17(3)13-25/h6,8-9,11,15-18,21H,5,7,10,12-14H2,1-4H3,(H,24,26)/t15-,16-,17+,18+,21+/m1/s1. The molecule has 8 nitrogen and oxygen atoms in total. The van der Waals surface area contributed by atoms with Crippen molar-refractivity contribution in [3.8, 4) is 0 Å². The third-order valence-electron chi connectivity index (χ3n) is 6.48. The molecule has 2 fully saturated rings. The van der Waals surface area contributed by atoms with Gasteiger partial charge in [0, 0.05) is 19.1 Å². The molecule has 2 aliphatic rings. The molecule has 0 aromatic heterocycles. The van der Waals surface area contributed by atoms with E-state index in [9.17, 15) is 18.0 Å². The molecule has 0 radical (unpaired) electrons. The van der Waals surface area contributed by atoms with Crippen LogP contribution in [0.5, 0.6) is 0 Å². The Morgan fingerprint density at radius 3 is 2.50 bits per heavy atom. The molecule has 1 amide bonds.